The zero-order valence-corrected chi connectivity index (χ0v) is 10.6. The molecule has 1 aromatic heterocycles. The van der Waals surface area contributed by atoms with Crippen LogP contribution in [0.1, 0.15) is 20.2 Å². The molecule has 1 aromatic carbocycles. The van der Waals surface area contributed by atoms with Crippen LogP contribution in [0.15, 0.2) is 24.4 Å². The van der Waals surface area contributed by atoms with Gasteiger partial charge in [-0.25, -0.2) is 9.37 Å². The summed E-state index contributed by atoms with van der Waals surface area (Å²) < 4.78 is 13.5. The molecule has 0 saturated carbocycles. The third-order valence-corrected chi connectivity index (χ3v) is 3.22. The predicted molar refractivity (Wildman–Crippen MR) is 68.8 cm³/mol. The number of nitrogens with zero attached hydrogens (tertiary/aromatic N) is 1. The lowest BCUT2D eigenvalue weighted by Crippen LogP contribution is -2.23. The van der Waals surface area contributed by atoms with Gasteiger partial charge in [0.05, 0.1) is 12.1 Å². The Bertz CT molecular complexity index is 582. The van der Waals surface area contributed by atoms with Crippen LogP contribution in [0.5, 0.6) is 0 Å². The standard InChI is InChI=1S/C12H12FN3OS/c1-7-5-15-11(18-7)6-16-12(17)9-3-2-8(14)4-10(9)13/h2-5H,6,14H2,1H3,(H,16,17). The summed E-state index contributed by atoms with van der Waals surface area (Å²) in [6.07, 6.45) is 1.73. The van der Waals surface area contributed by atoms with Crippen molar-refractivity contribution in [1.82, 2.24) is 10.3 Å². The van der Waals surface area contributed by atoms with Gasteiger partial charge in [-0.15, -0.1) is 11.3 Å². The molecule has 0 unspecified atom stereocenters. The van der Waals surface area contributed by atoms with E-state index in [1.165, 1.54) is 23.5 Å². The summed E-state index contributed by atoms with van der Waals surface area (Å²) in [5, 5.41) is 3.41. The molecule has 18 heavy (non-hydrogen) atoms. The molecule has 0 bridgehead atoms. The largest absolute Gasteiger partial charge is 0.399 e. The van der Waals surface area contributed by atoms with Crippen LogP contribution in [0.4, 0.5) is 10.1 Å². The van der Waals surface area contributed by atoms with Crippen LogP contribution in [0.2, 0.25) is 0 Å². The fourth-order valence-corrected chi connectivity index (χ4v) is 2.18. The Hall–Kier alpha value is -1.95. The van der Waals surface area contributed by atoms with E-state index in [-0.39, 0.29) is 5.56 Å². The lowest BCUT2D eigenvalue weighted by Gasteiger charge is -2.04. The van der Waals surface area contributed by atoms with E-state index in [9.17, 15) is 9.18 Å². The van der Waals surface area contributed by atoms with E-state index in [1.807, 2.05) is 6.92 Å². The topological polar surface area (TPSA) is 68.0 Å². The Morgan fingerprint density at radius 2 is 2.33 bits per heavy atom. The number of hydrogen-bond donors (Lipinski definition) is 2. The second kappa shape index (κ2) is 5.14. The van der Waals surface area contributed by atoms with Crippen molar-refractivity contribution < 1.29 is 9.18 Å². The van der Waals surface area contributed by atoms with E-state index in [0.29, 0.717) is 12.2 Å². The van der Waals surface area contributed by atoms with Gasteiger partial charge in [0.2, 0.25) is 0 Å². The summed E-state index contributed by atoms with van der Waals surface area (Å²) in [7, 11) is 0. The van der Waals surface area contributed by atoms with Crippen LogP contribution in [-0.2, 0) is 6.54 Å². The molecular formula is C12H12FN3OS. The summed E-state index contributed by atoms with van der Waals surface area (Å²) in [6.45, 7) is 2.23. The highest BCUT2D eigenvalue weighted by molar-refractivity contribution is 7.11. The van der Waals surface area contributed by atoms with Gasteiger partial charge in [-0.05, 0) is 25.1 Å². The summed E-state index contributed by atoms with van der Waals surface area (Å²) >= 11 is 1.49. The molecule has 2 aromatic rings. The van der Waals surface area contributed by atoms with E-state index in [4.69, 9.17) is 5.73 Å². The van der Waals surface area contributed by atoms with Crippen molar-refractivity contribution in [2.45, 2.75) is 13.5 Å². The maximum Gasteiger partial charge on any atom is 0.254 e. The number of amides is 1. The van der Waals surface area contributed by atoms with Crippen LogP contribution >= 0.6 is 11.3 Å². The van der Waals surface area contributed by atoms with Gasteiger partial charge < -0.3 is 11.1 Å². The van der Waals surface area contributed by atoms with Crippen LogP contribution < -0.4 is 11.1 Å². The minimum absolute atomic E-state index is 0.0162. The molecule has 1 heterocycles. The van der Waals surface area contributed by atoms with E-state index in [2.05, 4.69) is 10.3 Å². The van der Waals surface area contributed by atoms with Crippen LogP contribution in [0, 0.1) is 12.7 Å². The molecule has 6 heteroatoms. The Morgan fingerprint density at radius 1 is 1.56 bits per heavy atom. The molecular weight excluding hydrogens is 253 g/mol. The van der Waals surface area contributed by atoms with E-state index in [1.54, 1.807) is 6.20 Å². The van der Waals surface area contributed by atoms with Crippen molar-refractivity contribution in [3.8, 4) is 0 Å². The smallest absolute Gasteiger partial charge is 0.254 e. The van der Waals surface area contributed by atoms with Gasteiger partial charge in [-0.1, -0.05) is 0 Å². The second-order valence-corrected chi connectivity index (χ2v) is 5.11. The minimum atomic E-state index is -0.622. The molecule has 4 nitrogen and oxygen atoms in total. The maximum absolute atomic E-state index is 13.5. The number of thiazole rings is 1. The Balaban J connectivity index is 2.03. The van der Waals surface area contributed by atoms with Crippen molar-refractivity contribution in [2.75, 3.05) is 5.73 Å². The third kappa shape index (κ3) is 2.84. The highest BCUT2D eigenvalue weighted by atomic mass is 32.1. The molecule has 0 radical (unpaired) electrons. The maximum atomic E-state index is 13.5. The SMILES string of the molecule is Cc1cnc(CNC(=O)c2ccc(N)cc2F)s1. The molecule has 0 atom stereocenters. The number of benzene rings is 1. The number of anilines is 1. The van der Waals surface area contributed by atoms with Gasteiger partial charge in [0.25, 0.3) is 5.91 Å². The van der Waals surface area contributed by atoms with Crippen LogP contribution in [-0.4, -0.2) is 10.9 Å². The zero-order chi connectivity index (χ0) is 13.1. The first-order valence-corrected chi connectivity index (χ1v) is 6.12. The lowest BCUT2D eigenvalue weighted by molar-refractivity contribution is 0.0947. The number of nitrogens with one attached hydrogen (secondary N) is 1. The average molecular weight is 265 g/mol. The number of carbonyl (C=O) groups excluding carboxylic acids is 1. The van der Waals surface area contributed by atoms with Gasteiger partial charge in [0, 0.05) is 16.8 Å². The number of rotatable bonds is 3. The number of nitrogen functional groups attached to an aromatic ring is 1. The van der Waals surface area contributed by atoms with Gasteiger partial charge in [-0.2, -0.15) is 0 Å². The molecule has 0 fully saturated rings. The molecule has 2 rings (SSSR count). The zero-order valence-electron chi connectivity index (χ0n) is 9.74. The molecule has 3 N–H and O–H groups in total. The summed E-state index contributed by atoms with van der Waals surface area (Å²) in [6, 6.07) is 3.99. The van der Waals surface area contributed by atoms with Crippen LogP contribution in [0.25, 0.3) is 0 Å². The van der Waals surface area contributed by atoms with E-state index in [0.717, 1.165) is 16.0 Å². The monoisotopic (exact) mass is 265 g/mol. The summed E-state index contributed by atoms with van der Waals surface area (Å²) in [5.74, 6) is -1.09. The molecule has 0 spiro atoms. The van der Waals surface area contributed by atoms with Crippen molar-refractivity contribution in [1.29, 1.82) is 0 Å². The second-order valence-electron chi connectivity index (χ2n) is 3.79. The average Bonchev–Trinajstić information content (AvgIpc) is 2.72. The first-order chi connectivity index (χ1) is 8.56. The van der Waals surface area contributed by atoms with Crippen LogP contribution in [0.3, 0.4) is 0 Å². The van der Waals surface area contributed by atoms with Crippen molar-refractivity contribution >= 4 is 22.9 Å². The number of aryl methyl sites for hydroxylation is 1. The molecule has 1 amide bonds. The number of halogens is 1. The highest BCUT2D eigenvalue weighted by Crippen LogP contribution is 2.13. The fraction of sp³-hybridized carbons (Fsp3) is 0.167. The van der Waals surface area contributed by atoms with E-state index >= 15 is 0 Å². The number of aromatic nitrogens is 1. The lowest BCUT2D eigenvalue weighted by atomic mass is 10.2. The number of hydrogen-bond acceptors (Lipinski definition) is 4. The first-order valence-electron chi connectivity index (χ1n) is 5.31. The predicted octanol–water partition coefficient (Wildman–Crippen LogP) is 2.10. The molecule has 0 aliphatic heterocycles. The first kappa shape index (κ1) is 12.5. The van der Waals surface area contributed by atoms with Crippen molar-refractivity contribution in [2.24, 2.45) is 0 Å². The Kier molecular flexibility index (Phi) is 3.57. The minimum Gasteiger partial charge on any atom is -0.399 e. The number of carbonyl (C=O) groups is 1. The van der Waals surface area contributed by atoms with E-state index < -0.39 is 11.7 Å². The van der Waals surface area contributed by atoms with Gasteiger partial charge in [0.15, 0.2) is 0 Å². The fourth-order valence-electron chi connectivity index (χ4n) is 1.45. The normalized spacial score (nSPS) is 10.3. The highest BCUT2D eigenvalue weighted by Gasteiger charge is 2.11. The molecule has 0 aliphatic carbocycles. The molecule has 94 valence electrons. The molecule has 0 aliphatic rings. The number of nitrogens with two attached hydrogens (primary N) is 1. The van der Waals surface area contributed by atoms with Crippen molar-refractivity contribution in [3.05, 3.63) is 45.7 Å². The summed E-state index contributed by atoms with van der Waals surface area (Å²) in [4.78, 5) is 16.9. The Morgan fingerprint density at radius 3 is 2.94 bits per heavy atom. The summed E-state index contributed by atoms with van der Waals surface area (Å²) in [5.41, 5.74) is 5.69. The third-order valence-electron chi connectivity index (χ3n) is 2.31. The van der Waals surface area contributed by atoms with Crippen molar-refractivity contribution in [3.63, 3.8) is 0 Å². The Labute approximate surface area is 108 Å². The van der Waals surface area contributed by atoms with Gasteiger partial charge >= 0.3 is 0 Å². The quantitative estimate of drug-likeness (QED) is 0.835. The molecule has 0 saturated heterocycles. The van der Waals surface area contributed by atoms with Gasteiger partial charge in [0.1, 0.15) is 10.8 Å². The van der Waals surface area contributed by atoms with Gasteiger partial charge in [-0.3, -0.25) is 4.79 Å².